The van der Waals surface area contributed by atoms with Gasteiger partial charge in [0.05, 0.1) is 0 Å². The molecule has 0 saturated carbocycles. The second-order valence-corrected chi connectivity index (χ2v) is 3.36. The third-order valence-corrected chi connectivity index (χ3v) is 1.94. The molecule has 19 heavy (non-hydrogen) atoms. The van der Waals surface area contributed by atoms with Crippen molar-refractivity contribution in [3.05, 3.63) is 98.3 Å². The van der Waals surface area contributed by atoms with Crippen LogP contribution in [0.25, 0.3) is 0 Å². The van der Waals surface area contributed by atoms with E-state index in [1.807, 2.05) is 0 Å². The Morgan fingerprint density at radius 1 is 0.789 bits per heavy atom. The second kappa shape index (κ2) is 10.5. The van der Waals surface area contributed by atoms with Crippen LogP contribution < -0.4 is 5.32 Å². The molecule has 0 aliphatic carbocycles. The molecule has 1 amide bonds. The Hall–Kier alpha value is -2.61. The highest BCUT2D eigenvalue weighted by Gasteiger charge is 2.05. The van der Waals surface area contributed by atoms with Crippen molar-refractivity contribution in [1.82, 2.24) is 5.32 Å². The van der Waals surface area contributed by atoms with E-state index in [0.29, 0.717) is 11.3 Å². The third kappa shape index (κ3) is 7.34. The van der Waals surface area contributed by atoms with E-state index in [4.69, 9.17) is 0 Å². The van der Waals surface area contributed by atoms with Crippen LogP contribution in [0.4, 0.5) is 0 Å². The predicted molar refractivity (Wildman–Crippen MR) is 83.4 cm³/mol. The summed E-state index contributed by atoms with van der Waals surface area (Å²) in [6.07, 6.45) is 16.5. The van der Waals surface area contributed by atoms with E-state index in [0.717, 1.165) is 0 Å². The van der Waals surface area contributed by atoms with Crippen LogP contribution in [0.3, 0.4) is 0 Å². The topological polar surface area (TPSA) is 29.1 Å². The normalized spacial score (nSPS) is 12.4. The van der Waals surface area contributed by atoms with E-state index >= 15 is 0 Å². The molecule has 0 saturated heterocycles. The van der Waals surface area contributed by atoms with Crippen LogP contribution >= 0.6 is 0 Å². The first-order valence-electron chi connectivity index (χ1n) is 5.74. The minimum Gasteiger partial charge on any atom is -0.322 e. The molecule has 0 bridgehead atoms. The second-order valence-electron chi connectivity index (χ2n) is 3.36. The molecule has 0 unspecified atom stereocenters. The molecule has 0 aliphatic heterocycles. The maximum atomic E-state index is 12.0. The van der Waals surface area contributed by atoms with Gasteiger partial charge in [-0.25, -0.2) is 0 Å². The molecule has 0 fully saturated rings. The monoisotopic (exact) mass is 253 g/mol. The highest BCUT2D eigenvalue weighted by Crippen LogP contribution is 2.02. The van der Waals surface area contributed by atoms with Gasteiger partial charge in [0.2, 0.25) is 0 Å². The zero-order valence-electron chi connectivity index (χ0n) is 11.0. The fraction of sp³-hybridized carbons (Fsp3) is 0. The Balaban J connectivity index is 5.05. The summed E-state index contributed by atoms with van der Waals surface area (Å²) in [4.78, 5) is 12.0. The molecule has 0 aromatic rings. The smallest absolute Gasteiger partial charge is 0.255 e. The zero-order chi connectivity index (χ0) is 14.5. The lowest BCUT2D eigenvalue weighted by molar-refractivity contribution is -0.116. The largest absolute Gasteiger partial charge is 0.322 e. The Bertz CT molecular complexity index is 473. The van der Waals surface area contributed by atoms with Crippen LogP contribution in [-0.4, -0.2) is 5.91 Å². The molecule has 0 atom stereocenters. The van der Waals surface area contributed by atoms with E-state index in [1.54, 1.807) is 60.8 Å². The minimum atomic E-state index is -0.236. The Kier molecular flexibility index (Phi) is 9.09. The lowest BCUT2D eigenvalue weighted by Gasteiger charge is -2.06. The predicted octanol–water partition coefficient (Wildman–Crippen LogP) is 3.77. The van der Waals surface area contributed by atoms with Gasteiger partial charge in [-0.2, -0.15) is 0 Å². The molecule has 0 aromatic carbocycles. The molecule has 0 aromatic heterocycles. The number of nitrogens with one attached hydrogen (secondary N) is 1. The van der Waals surface area contributed by atoms with Crippen LogP contribution in [0.1, 0.15) is 0 Å². The Morgan fingerprint density at radius 2 is 1.37 bits per heavy atom. The summed E-state index contributed by atoms with van der Waals surface area (Å²) in [7, 11) is 0. The summed E-state index contributed by atoms with van der Waals surface area (Å²) >= 11 is 0. The van der Waals surface area contributed by atoms with Crippen molar-refractivity contribution in [2.45, 2.75) is 0 Å². The van der Waals surface area contributed by atoms with Crippen LogP contribution in [0.15, 0.2) is 98.3 Å². The summed E-state index contributed by atoms with van der Waals surface area (Å²) in [6, 6.07) is 0. The number of hydrogen-bond acceptors (Lipinski definition) is 1. The van der Waals surface area contributed by atoms with Gasteiger partial charge in [0.25, 0.3) is 5.91 Å². The zero-order valence-corrected chi connectivity index (χ0v) is 11.0. The minimum absolute atomic E-state index is 0.236. The number of carbonyl (C=O) groups excluding carboxylic acids is 1. The summed E-state index contributed by atoms with van der Waals surface area (Å²) in [5.41, 5.74) is 1.11. The van der Waals surface area contributed by atoms with Gasteiger partial charge in [-0.3, -0.25) is 4.79 Å². The molecule has 98 valence electrons. The number of amides is 1. The van der Waals surface area contributed by atoms with Crippen molar-refractivity contribution in [1.29, 1.82) is 0 Å². The molecule has 2 heteroatoms. The lowest BCUT2D eigenvalue weighted by atomic mass is 10.2. The van der Waals surface area contributed by atoms with Gasteiger partial charge in [0, 0.05) is 11.3 Å². The first-order chi connectivity index (χ1) is 9.19. The fourth-order valence-electron chi connectivity index (χ4n) is 1.15. The number of carbonyl (C=O) groups is 1. The van der Waals surface area contributed by atoms with Gasteiger partial charge in [-0.1, -0.05) is 68.8 Å². The van der Waals surface area contributed by atoms with Crippen molar-refractivity contribution >= 4 is 5.91 Å². The standard InChI is InChI=1S/C17H19NO/c1-5-9-13-15(11-7-3)17(19)18-16(12-8-4)14-10-6-2/h5-14H,1-4H2,(H,18,19)/b13-9-,14-10-,15-11+,16-12+. The van der Waals surface area contributed by atoms with Gasteiger partial charge in [0.1, 0.15) is 0 Å². The summed E-state index contributed by atoms with van der Waals surface area (Å²) in [5.74, 6) is -0.236. The van der Waals surface area contributed by atoms with Crippen LogP contribution in [0.2, 0.25) is 0 Å². The lowest BCUT2D eigenvalue weighted by Crippen LogP contribution is -2.22. The van der Waals surface area contributed by atoms with Gasteiger partial charge >= 0.3 is 0 Å². The van der Waals surface area contributed by atoms with Crippen molar-refractivity contribution in [3.8, 4) is 0 Å². The van der Waals surface area contributed by atoms with Crippen molar-refractivity contribution in [2.24, 2.45) is 0 Å². The first-order valence-corrected chi connectivity index (χ1v) is 5.74. The Morgan fingerprint density at radius 3 is 1.89 bits per heavy atom. The molecule has 0 radical (unpaired) electrons. The number of allylic oxidation sites excluding steroid dienone is 9. The van der Waals surface area contributed by atoms with Gasteiger partial charge in [0.15, 0.2) is 0 Å². The van der Waals surface area contributed by atoms with E-state index in [-0.39, 0.29) is 5.91 Å². The quantitative estimate of drug-likeness (QED) is 0.518. The van der Waals surface area contributed by atoms with Crippen molar-refractivity contribution < 1.29 is 4.79 Å². The fourth-order valence-corrected chi connectivity index (χ4v) is 1.15. The molecular formula is C17H19NO. The number of rotatable bonds is 8. The van der Waals surface area contributed by atoms with Gasteiger partial charge in [-0.15, -0.1) is 0 Å². The molecule has 0 rings (SSSR count). The molecule has 0 aliphatic rings. The van der Waals surface area contributed by atoms with Crippen molar-refractivity contribution in [2.75, 3.05) is 0 Å². The van der Waals surface area contributed by atoms with Crippen molar-refractivity contribution in [3.63, 3.8) is 0 Å². The number of hydrogen-bond donors (Lipinski definition) is 1. The van der Waals surface area contributed by atoms with Crippen LogP contribution in [-0.2, 0) is 4.79 Å². The van der Waals surface area contributed by atoms with E-state index in [2.05, 4.69) is 31.6 Å². The first kappa shape index (κ1) is 16.4. The van der Waals surface area contributed by atoms with E-state index in [1.165, 1.54) is 0 Å². The summed E-state index contributed by atoms with van der Waals surface area (Å²) < 4.78 is 0. The molecule has 0 spiro atoms. The average Bonchev–Trinajstić information content (AvgIpc) is 2.40. The maximum Gasteiger partial charge on any atom is 0.255 e. The molecule has 2 nitrogen and oxygen atoms in total. The summed E-state index contributed by atoms with van der Waals surface area (Å²) in [6.45, 7) is 14.3. The van der Waals surface area contributed by atoms with E-state index < -0.39 is 0 Å². The molecule has 0 heterocycles. The SMILES string of the molecule is C=C/C=C\C(=C/C=C)NC(=O)C(/C=C\C=C)=C/C=C. The maximum absolute atomic E-state index is 12.0. The van der Waals surface area contributed by atoms with Crippen LogP contribution in [0.5, 0.6) is 0 Å². The summed E-state index contributed by atoms with van der Waals surface area (Å²) in [5, 5.41) is 2.76. The molecule has 1 N–H and O–H groups in total. The van der Waals surface area contributed by atoms with Crippen LogP contribution in [0, 0.1) is 0 Å². The Labute approximate surface area is 115 Å². The van der Waals surface area contributed by atoms with Gasteiger partial charge < -0.3 is 5.32 Å². The van der Waals surface area contributed by atoms with E-state index in [9.17, 15) is 4.79 Å². The highest BCUT2D eigenvalue weighted by molar-refractivity contribution is 5.97. The molecular weight excluding hydrogens is 234 g/mol. The van der Waals surface area contributed by atoms with Gasteiger partial charge in [-0.05, 0) is 18.2 Å². The highest BCUT2D eigenvalue weighted by atomic mass is 16.1. The third-order valence-electron chi connectivity index (χ3n) is 1.94. The average molecular weight is 253 g/mol.